The Labute approximate surface area is 116 Å². The minimum Gasteiger partial charge on any atom is -0.338 e. The van der Waals surface area contributed by atoms with Crippen molar-refractivity contribution in [3.8, 4) is 0 Å². The highest BCUT2D eigenvalue weighted by Crippen LogP contribution is 2.44. The maximum absolute atomic E-state index is 12.6. The van der Waals surface area contributed by atoms with E-state index < -0.39 is 0 Å². The minimum absolute atomic E-state index is 0.0133. The van der Waals surface area contributed by atoms with E-state index in [9.17, 15) is 9.59 Å². The van der Waals surface area contributed by atoms with Crippen molar-refractivity contribution in [3.05, 3.63) is 0 Å². The maximum Gasteiger partial charge on any atom is 0.332 e. The number of carbonyl (C=O) groups is 2. The smallest absolute Gasteiger partial charge is 0.332 e. The van der Waals surface area contributed by atoms with Crippen LogP contribution >= 0.6 is 0 Å². The topological polar surface area (TPSA) is 46.6 Å². The fourth-order valence-electron chi connectivity index (χ4n) is 2.91. The number of hydrogen-bond donors (Lipinski definition) is 0. The Morgan fingerprint density at radius 1 is 1.37 bits per heavy atom. The van der Waals surface area contributed by atoms with E-state index in [0.29, 0.717) is 18.9 Å². The lowest BCUT2D eigenvalue weighted by atomic mass is 9.70. The number of hydrogen-bond acceptors (Lipinski definition) is 3. The van der Waals surface area contributed by atoms with Crippen molar-refractivity contribution in [1.29, 1.82) is 0 Å². The largest absolute Gasteiger partial charge is 0.338 e. The molecule has 0 spiro atoms. The monoisotopic (exact) mass is 269 g/mol. The van der Waals surface area contributed by atoms with Crippen molar-refractivity contribution in [2.75, 3.05) is 6.54 Å². The average Bonchev–Trinajstić information content (AvgIpc) is 2.58. The van der Waals surface area contributed by atoms with Crippen molar-refractivity contribution in [1.82, 2.24) is 5.06 Å². The van der Waals surface area contributed by atoms with Gasteiger partial charge in [-0.05, 0) is 31.1 Å². The summed E-state index contributed by atoms with van der Waals surface area (Å²) in [6, 6.07) is 0. The third kappa shape index (κ3) is 3.48. The maximum atomic E-state index is 12.6. The van der Waals surface area contributed by atoms with E-state index in [1.807, 2.05) is 6.92 Å². The zero-order valence-electron chi connectivity index (χ0n) is 12.9. The molecule has 19 heavy (non-hydrogen) atoms. The molecular formula is C15H27NO3. The van der Waals surface area contributed by atoms with Crippen molar-refractivity contribution >= 4 is 11.9 Å². The van der Waals surface area contributed by atoms with Crippen LogP contribution in [-0.2, 0) is 14.4 Å². The van der Waals surface area contributed by atoms with Gasteiger partial charge in [-0.3, -0.25) is 4.79 Å². The van der Waals surface area contributed by atoms with Gasteiger partial charge in [0.05, 0.1) is 12.0 Å². The molecule has 1 saturated heterocycles. The van der Waals surface area contributed by atoms with Crippen molar-refractivity contribution in [2.24, 2.45) is 17.3 Å². The summed E-state index contributed by atoms with van der Waals surface area (Å²) in [6.45, 7) is 10.9. The van der Waals surface area contributed by atoms with E-state index in [0.717, 1.165) is 19.3 Å². The Hall–Kier alpha value is -1.06. The lowest BCUT2D eigenvalue weighted by Crippen LogP contribution is -2.40. The summed E-state index contributed by atoms with van der Waals surface area (Å²) in [4.78, 5) is 29.3. The zero-order valence-corrected chi connectivity index (χ0v) is 12.9. The van der Waals surface area contributed by atoms with E-state index >= 15 is 0 Å². The summed E-state index contributed by atoms with van der Waals surface area (Å²) < 4.78 is 0. The molecule has 4 heteroatoms. The van der Waals surface area contributed by atoms with E-state index in [4.69, 9.17) is 4.84 Å². The van der Waals surface area contributed by atoms with Crippen LogP contribution in [0.2, 0.25) is 0 Å². The third-order valence-corrected chi connectivity index (χ3v) is 3.96. The average molecular weight is 269 g/mol. The quantitative estimate of drug-likeness (QED) is 0.744. The molecule has 1 aliphatic rings. The standard InChI is InChI=1S/C15H27NO3/c1-6-7-13(17)19-16-9-8-15(12(4)5,14(16)18)10-11(2)3/h11-12H,6-10H2,1-5H3. The van der Waals surface area contributed by atoms with E-state index in [1.165, 1.54) is 5.06 Å². The van der Waals surface area contributed by atoms with Gasteiger partial charge >= 0.3 is 5.97 Å². The molecule has 1 atom stereocenters. The summed E-state index contributed by atoms with van der Waals surface area (Å²) >= 11 is 0. The van der Waals surface area contributed by atoms with Crippen molar-refractivity contribution < 1.29 is 14.4 Å². The molecule has 0 radical (unpaired) electrons. The van der Waals surface area contributed by atoms with Crippen molar-refractivity contribution in [3.63, 3.8) is 0 Å². The summed E-state index contributed by atoms with van der Waals surface area (Å²) in [5.74, 6) is 0.399. The Bertz CT molecular complexity index is 338. The SMILES string of the molecule is CCCC(=O)ON1CCC(CC(C)C)(C(C)C)C1=O. The van der Waals surface area contributed by atoms with Gasteiger partial charge in [0.2, 0.25) is 0 Å². The fraction of sp³-hybridized carbons (Fsp3) is 0.867. The molecule has 1 heterocycles. The Morgan fingerprint density at radius 2 is 2.00 bits per heavy atom. The molecule has 1 fully saturated rings. The summed E-state index contributed by atoms with van der Waals surface area (Å²) in [6.07, 6.45) is 2.73. The second-order valence-corrected chi connectivity index (χ2v) is 6.28. The highest BCUT2D eigenvalue weighted by atomic mass is 16.7. The molecule has 1 rings (SSSR count). The molecule has 0 saturated carbocycles. The summed E-state index contributed by atoms with van der Waals surface area (Å²) in [7, 11) is 0. The van der Waals surface area contributed by atoms with Crippen LogP contribution < -0.4 is 0 Å². The molecule has 1 amide bonds. The minimum atomic E-state index is -0.360. The van der Waals surface area contributed by atoms with E-state index in [2.05, 4.69) is 27.7 Å². The van der Waals surface area contributed by atoms with Crippen molar-refractivity contribution in [2.45, 2.75) is 60.3 Å². The molecular weight excluding hydrogens is 242 g/mol. The summed E-state index contributed by atoms with van der Waals surface area (Å²) in [5, 5.41) is 1.29. The Morgan fingerprint density at radius 3 is 2.47 bits per heavy atom. The van der Waals surface area contributed by atoms with Crippen LogP contribution in [0.4, 0.5) is 0 Å². The van der Waals surface area contributed by atoms with Crippen LogP contribution in [0.1, 0.15) is 60.3 Å². The molecule has 0 bridgehead atoms. The van der Waals surface area contributed by atoms with Crippen LogP contribution in [0.15, 0.2) is 0 Å². The number of rotatable bonds is 6. The van der Waals surface area contributed by atoms with Gasteiger partial charge in [-0.25, -0.2) is 4.79 Å². The van der Waals surface area contributed by atoms with Gasteiger partial charge in [0.1, 0.15) is 0 Å². The molecule has 0 aliphatic carbocycles. The van der Waals surface area contributed by atoms with Gasteiger partial charge in [-0.2, -0.15) is 5.06 Å². The van der Waals surface area contributed by atoms with Gasteiger partial charge in [-0.15, -0.1) is 0 Å². The Balaban J connectivity index is 2.78. The van der Waals surface area contributed by atoms with Crippen LogP contribution in [0.3, 0.4) is 0 Å². The second kappa shape index (κ2) is 6.40. The molecule has 0 N–H and O–H groups in total. The first-order chi connectivity index (χ1) is 8.83. The number of amides is 1. The molecule has 4 nitrogen and oxygen atoms in total. The fourth-order valence-corrected chi connectivity index (χ4v) is 2.91. The van der Waals surface area contributed by atoms with Gasteiger partial charge in [-0.1, -0.05) is 34.6 Å². The predicted molar refractivity (Wildman–Crippen MR) is 74.1 cm³/mol. The van der Waals surface area contributed by atoms with E-state index in [1.54, 1.807) is 0 Å². The first kappa shape index (κ1) is 16.0. The van der Waals surface area contributed by atoms with E-state index in [-0.39, 0.29) is 23.2 Å². The Kier molecular flexibility index (Phi) is 5.39. The molecule has 110 valence electrons. The molecule has 1 aliphatic heterocycles. The van der Waals surface area contributed by atoms with Gasteiger partial charge < -0.3 is 4.84 Å². The van der Waals surface area contributed by atoms with Gasteiger partial charge in [0.15, 0.2) is 0 Å². The first-order valence-electron chi connectivity index (χ1n) is 7.36. The van der Waals surface area contributed by atoms with Gasteiger partial charge in [0, 0.05) is 6.42 Å². The van der Waals surface area contributed by atoms with Crippen LogP contribution in [-0.4, -0.2) is 23.5 Å². The number of hydroxylamine groups is 2. The predicted octanol–water partition coefficient (Wildman–Crippen LogP) is 3.17. The highest BCUT2D eigenvalue weighted by molar-refractivity contribution is 5.85. The number of carbonyl (C=O) groups excluding carboxylic acids is 2. The molecule has 0 aromatic carbocycles. The molecule has 1 unspecified atom stereocenters. The lowest BCUT2D eigenvalue weighted by Gasteiger charge is -2.32. The normalized spacial score (nSPS) is 23.5. The van der Waals surface area contributed by atoms with Crippen LogP contribution in [0.25, 0.3) is 0 Å². The molecule has 0 aromatic rings. The van der Waals surface area contributed by atoms with Crippen LogP contribution in [0, 0.1) is 17.3 Å². The lowest BCUT2D eigenvalue weighted by molar-refractivity contribution is -0.196. The second-order valence-electron chi connectivity index (χ2n) is 6.28. The first-order valence-corrected chi connectivity index (χ1v) is 7.36. The molecule has 0 aromatic heterocycles. The zero-order chi connectivity index (χ0) is 14.6. The van der Waals surface area contributed by atoms with Gasteiger partial charge in [0.25, 0.3) is 5.91 Å². The van der Waals surface area contributed by atoms with Crippen LogP contribution in [0.5, 0.6) is 0 Å². The summed E-state index contributed by atoms with van der Waals surface area (Å²) in [5.41, 5.74) is -0.360. The third-order valence-electron chi connectivity index (χ3n) is 3.96. The number of nitrogens with zero attached hydrogens (tertiary/aromatic N) is 1. The highest BCUT2D eigenvalue weighted by Gasteiger charge is 2.50.